The van der Waals surface area contributed by atoms with E-state index < -0.39 is 5.97 Å². The van der Waals surface area contributed by atoms with Crippen LogP contribution in [0.2, 0.25) is 0 Å². The Labute approximate surface area is 170 Å². The van der Waals surface area contributed by atoms with Crippen molar-refractivity contribution in [3.8, 4) is 23.0 Å². The molecule has 0 fully saturated rings. The number of ether oxygens (including phenoxy) is 4. The topological polar surface area (TPSA) is 71.1 Å². The van der Waals surface area contributed by atoms with Crippen LogP contribution in [0.5, 0.6) is 23.0 Å². The maximum Gasteiger partial charge on any atom is 0.353 e. The molecular formula is C22H16O6S. The van der Waals surface area contributed by atoms with Crippen molar-refractivity contribution in [2.45, 2.75) is 0 Å². The molecule has 0 saturated carbocycles. The van der Waals surface area contributed by atoms with Gasteiger partial charge >= 0.3 is 5.97 Å². The summed E-state index contributed by atoms with van der Waals surface area (Å²) >= 11 is 1.29. The number of hydrogen-bond donors (Lipinski definition) is 0. The highest BCUT2D eigenvalue weighted by Gasteiger charge is 2.28. The number of methoxy groups -OCH3 is 2. The van der Waals surface area contributed by atoms with Crippen molar-refractivity contribution < 1.29 is 28.5 Å². The van der Waals surface area contributed by atoms with Crippen molar-refractivity contribution in [1.82, 2.24) is 0 Å². The zero-order valence-electron chi connectivity index (χ0n) is 15.6. The van der Waals surface area contributed by atoms with Crippen LogP contribution in [0, 0.1) is 0 Å². The SMILES string of the molecule is COc1cccc(/C=C2/Oc3cc(OC(=O)c4cccs4)ccc3C2=O)c1OC. The summed E-state index contributed by atoms with van der Waals surface area (Å²) < 4.78 is 21.8. The van der Waals surface area contributed by atoms with Crippen LogP contribution in [-0.2, 0) is 0 Å². The van der Waals surface area contributed by atoms with Gasteiger partial charge in [-0.1, -0.05) is 18.2 Å². The summed E-state index contributed by atoms with van der Waals surface area (Å²) in [6.45, 7) is 0. The number of hydrogen-bond acceptors (Lipinski definition) is 7. The lowest BCUT2D eigenvalue weighted by molar-refractivity contribution is 0.0739. The van der Waals surface area contributed by atoms with E-state index in [0.29, 0.717) is 39.0 Å². The van der Waals surface area contributed by atoms with Crippen molar-refractivity contribution in [2.75, 3.05) is 14.2 Å². The minimum atomic E-state index is -0.457. The monoisotopic (exact) mass is 408 g/mol. The molecule has 2 heterocycles. The van der Waals surface area contributed by atoms with Gasteiger partial charge in [0.05, 0.1) is 19.8 Å². The number of carbonyl (C=O) groups excluding carboxylic acids is 2. The molecule has 0 N–H and O–H groups in total. The summed E-state index contributed by atoms with van der Waals surface area (Å²) in [5, 5.41) is 1.80. The normalized spacial score (nSPS) is 13.7. The predicted molar refractivity (Wildman–Crippen MR) is 108 cm³/mol. The zero-order valence-corrected chi connectivity index (χ0v) is 16.4. The van der Waals surface area contributed by atoms with Gasteiger partial charge < -0.3 is 18.9 Å². The molecular weight excluding hydrogens is 392 g/mol. The number of para-hydroxylation sites is 1. The average Bonchev–Trinajstić information content (AvgIpc) is 3.37. The van der Waals surface area contributed by atoms with Gasteiger partial charge in [0.2, 0.25) is 5.78 Å². The van der Waals surface area contributed by atoms with Crippen molar-refractivity contribution in [2.24, 2.45) is 0 Å². The Morgan fingerprint density at radius 2 is 1.93 bits per heavy atom. The number of esters is 1. The number of Topliss-reactive ketones (excluding diaryl/α,β-unsaturated/α-hetero) is 1. The first kappa shape index (κ1) is 18.8. The van der Waals surface area contributed by atoms with Gasteiger partial charge in [0, 0.05) is 11.6 Å². The molecule has 1 aromatic heterocycles. The van der Waals surface area contributed by atoms with Crippen LogP contribution in [-0.4, -0.2) is 26.0 Å². The summed E-state index contributed by atoms with van der Waals surface area (Å²) in [5.41, 5.74) is 1.04. The molecule has 3 aromatic rings. The van der Waals surface area contributed by atoms with Gasteiger partial charge in [-0.3, -0.25) is 4.79 Å². The van der Waals surface area contributed by atoms with Crippen LogP contribution in [0.15, 0.2) is 59.7 Å². The van der Waals surface area contributed by atoms with Gasteiger partial charge in [0.1, 0.15) is 16.4 Å². The molecule has 1 aliphatic heterocycles. The largest absolute Gasteiger partial charge is 0.493 e. The van der Waals surface area contributed by atoms with E-state index in [9.17, 15) is 9.59 Å². The molecule has 29 heavy (non-hydrogen) atoms. The number of carbonyl (C=O) groups is 2. The fraction of sp³-hybridized carbons (Fsp3) is 0.0909. The van der Waals surface area contributed by atoms with Gasteiger partial charge in [-0.05, 0) is 35.7 Å². The third-order valence-electron chi connectivity index (χ3n) is 4.29. The fourth-order valence-electron chi connectivity index (χ4n) is 2.95. The van der Waals surface area contributed by atoms with Crippen LogP contribution < -0.4 is 18.9 Å². The smallest absolute Gasteiger partial charge is 0.353 e. The van der Waals surface area contributed by atoms with Crippen LogP contribution in [0.3, 0.4) is 0 Å². The Balaban J connectivity index is 1.60. The lowest BCUT2D eigenvalue weighted by Crippen LogP contribution is -2.06. The lowest BCUT2D eigenvalue weighted by Gasteiger charge is -2.10. The molecule has 0 aliphatic carbocycles. The second-order valence-corrected chi connectivity index (χ2v) is 7.00. The third kappa shape index (κ3) is 3.60. The number of rotatable bonds is 5. The van der Waals surface area contributed by atoms with Gasteiger partial charge in [-0.25, -0.2) is 4.79 Å². The number of allylic oxidation sites excluding steroid dienone is 1. The zero-order chi connectivity index (χ0) is 20.4. The Hall–Kier alpha value is -3.58. The second kappa shape index (κ2) is 7.81. The Kier molecular flexibility index (Phi) is 5.05. The Bertz CT molecular complexity index is 1110. The number of ketones is 1. The first-order valence-corrected chi connectivity index (χ1v) is 9.53. The van der Waals surface area contributed by atoms with E-state index in [1.165, 1.54) is 24.5 Å². The molecule has 0 amide bonds. The highest BCUT2D eigenvalue weighted by molar-refractivity contribution is 7.12. The molecule has 0 atom stereocenters. The van der Waals surface area contributed by atoms with E-state index in [1.54, 1.807) is 61.0 Å². The summed E-state index contributed by atoms with van der Waals surface area (Å²) in [7, 11) is 3.07. The molecule has 0 bridgehead atoms. The van der Waals surface area contributed by atoms with E-state index in [2.05, 4.69) is 0 Å². The fourth-order valence-corrected chi connectivity index (χ4v) is 3.55. The Morgan fingerprint density at radius 3 is 2.66 bits per heavy atom. The predicted octanol–water partition coefficient (Wildman–Crippen LogP) is 4.60. The highest BCUT2D eigenvalue weighted by atomic mass is 32.1. The van der Waals surface area contributed by atoms with Crippen LogP contribution in [0.4, 0.5) is 0 Å². The third-order valence-corrected chi connectivity index (χ3v) is 5.14. The first-order chi connectivity index (χ1) is 14.1. The van der Waals surface area contributed by atoms with E-state index in [-0.39, 0.29) is 11.5 Å². The quantitative estimate of drug-likeness (QED) is 0.349. The van der Waals surface area contributed by atoms with Gasteiger partial charge in [0.15, 0.2) is 17.3 Å². The highest BCUT2D eigenvalue weighted by Crippen LogP contribution is 2.37. The van der Waals surface area contributed by atoms with E-state index >= 15 is 0 Å². The lowest BCUT2D eigenvalue weighted by atomic mass is 10.1. The second-order valence-electron chi connectivity index (χ2n) is 6.05. The van der Waals surface area contributed by atoms with Gasteiger partial charge in [-0.2, -0.15) is 0 Å². The number of benzene rings is 2. The minimum absolute atomic E-state index is 0.147. The van der Waals surface area contributed by atoms with Crippen molar-refractivity contribution in [1.29, 1.82) is 0 Å². The molecule has 0 unspecified atom stereocenters. The maximum atomic E-state index is 12.7. The molecule has 146 valence electrons. The van der Waals surface area contributed by atoms with Crippen LogP contribution >= 0.6 is 11.3 Å². The average molecular weight is 408 g/mol. The van der Waals surface area contributed by atoms with E-state index in [1.807, 2.05) is 0 Å². The summed E-state index contributed by atoms with van der Waals surface area (Å²) in [5.74, 6) is 1.11. The molecule has 7 heteroatoms. The molecule has 4 rings (SSSR count). The van der Waals surface area contributed by atoms with E-state index in [4.69, 9.17) is 18.9 Å². The van der Waals surface area contributed by atoms with Crippen LogP contribution in [0.1, 0.15) is 25.6 Å². The van der Waals surface area contributed by atoms with Gasteiger partial charge in [-0.15, -0.1) is 11.3 Å². The molecule has 1 aliphatic rings. The number of fused-ring (bicyclic) bond motifs is 1. The van der Waals surface area contributed by atoms with Crippen molar-refractivity contribution >= 4 is 29.2 Å². The minimum Gasteiger partial charge on any atom is -0.493 e. The number of thiophene rings is 1. The standard InChI is InChI=1S/C22H16O6S/c1-25-16-6-3-5-13(21(16)26-2)11-18-20(23)15-9-8-14(12-17(15)28-18)27-22(24)19-7-4-10-29-19/h3-12H,1-2H3/b18-11+. The van der Waals surface area contributed by atoms with Crippen molar-refractivity contribution in [3.63, 3.8) is 0 Å². The molecule has 0 spiro atoms. The Morgan fingerprint density at radius 1 is 1.07 bits per heavy atom. The maximum absolute atomic E-state index is 12.7. The van der Waals surface area contributed by atoms with Gasteiger partial charge in [0.25, 0.3) is 0 Å². The van der Waals surface area contributed by atoms with Crippen LogP contribution in [0.25, 0.3) is 6.08 Å². The summed E-state index contributed by atoms with van der Waals surface area (Å²) in [4.78, 5) is 25.3. The van der Waals surface area contributed by atoms with E-state index in [0.717, 1.165) is 0 Å². The first-order valence-electron chi connectivity index (χ1n) is 8.65. The van der Waals surface area contributed by atoms with Crippen molar-refractivity contribution in [3.05, 3.63) is 75.7 Å². The summed E-state index contributed by atoms with van der Waals surface area (Å²) in [6.07, 6.45) is 1.60. The molecule has 2 aromatic carbocycles. The molecule has 6 nitrogen and oxygen atoms in total. The molecule has 0 radical (unpaired) electrons. The summed E-state index contributed by atoms with van der Waals surface area (Å²) in [6, 6.07) is 13.5. The molecule has 0 saturated heterocycles.